The van der Waals surface area contributed by atoms with Gasteiger partial charge in [-0.3, -0.25) is 23.9 Å². The highest BCUT2D eigenvalue weighted by Crippen LogP contribution is 2.21. The van der Waals surface area contributed by atoms with Gasteiger partial charge in [0.2, 0.25) is 11.8 Å². The quantitative estimate of drug-likeness (QED) is 0.207. The number of allylic oxidation sites excluding steroid dienone is 1. The summed E-state index contributed by atoms with van der Waals surface area (Å²) in [6, 6.07) is 0.753. The van der Waals surface area contributed by atoms with Gasteiger partial charge in [0, 0.05) is 14.1 Å². The maximum absolute atomic E-state index is 14.7. The van der Waals surface area contributed by atoms with Crippen LogP contribution in [-0.4, -0.2) is 67.6 Å². The molecule has 12 nitrogen and oxygen atoms in total. The number of carbonyl (C=O) groups excluding carboxylic acids is 2. The molecule has 3 heterocycles. The van der Waals surface area contributed by atoms with Gasteiger partial charge in [0.15, 0.2) is 11.8 Å². The van der Waals surface area contributed by atoms with E-state index in [-0.39, 0.29) is 41.7 Å². The first kappa shape index (κ1) is 29.9. The Labute approximate surface area is 228 Å². The van der Waals surface area contributed by atoms with Crippen molar-refractivity contribution in [1.29, 1.82) is 0 Å². The zero-order chi connectivity index (χ0) is 29.6. The van der Waals surface area contributed by atoms with Gasteiger partial charge in [-0.25, -0.2) is 14.2 Å². The highest BCUT2D eigenvalue weighted by atomic mass is 19.1. The molecule has 0 spiro atoms. The van der Waals surface area contributed by atoms with Crippen LogP contribution in [0.1, 0.15) is 38.2 Å². The average Bonchev–Trinajstić information content (AvgIpc) is 3.31. The zero-order valence-electron chi connectivity index (χ0n) is 22.5. The molecule has 14 heteroatoms. The highest BCUT2D eigenvalue weighted by molar-refractivity contribution is 5.96. The minimum Gasteiger partial charge on any atom is -0.465 e. The Morgan fingerprint density at radius 2 is 1.95 bits per heavy atom. The Kier molecular flexibility index (Phi) is 9.69. The van der Waals surface area contributed by atoms with Crippen molar-refractivity contribution in [2.45, 2.75) is 45.7 Å². The second-order valence-corrected chi connectivity index (χ2v) is 9.72. The maximum Gasteiger partial charge on any atom is 0.405 e. The van der Waals surface area contributed by atoms with Gasteiger partial charge < -0.3 is 25.6 Å². The smallest absolute Gasteiger partial charge is 0.405 e. The van der Waals surface area contributed by atoms with Crippen LogP contribution in [0.25, 0.3) is 11.0 Å². The number of halogens is 2. The molecule has 0 aliphatic rings. The number of nitrogens with zero attached hydrogens (tertiary/aromatic N) is 4. The predicted molar refractivity (Wildman–Crippen MR) is 143 cm³/mol. The van der Waals surface area contributed by atoms with Gasteiger partial charge in [-0.05, 0) is 43.4 Å². The second-order valence-electron chi connectivity index (χ2n) is 9.72. The summed E-state index contributed by atoms with van der Waals surface area (Å²) in [7, 11) is 3.14. The van der Waals surface area contributed by atoms with E-state index in [4.69, 9.17) is 5.11 Å². The van der Waals surface area contributed by atoms with Crippen molar-refractivity contribution in [1.82, 2.24) is 29.7 Å². The van der Waals surface area contributed by atoms with Crippen molar-refractivity contribution >= 4 is 34.6 Å². The number of hydrogen-bond donors (Lipinski definition) is 4. The summed E-state index contributed by atoms with van der Waals surface area (Å²) < 4.78 is 29.8. The molecule has 0 saturated carbocycles. The number of aromatic amines is 1. The third-order valence-corrected chi connectivity index (χ3v) is 5.83. The Morgan fingerprint density at radius 3 is 2.60 bits per heavy atom. The highest BCUT2D eigenvalue weighted by Gasteiger charge is 2.22. The Bertz CT molecular complexity index is 1500. The van der Waals surface area contributed by atoms with E-state index < -0.39 is 41.9 Å². The van der Waals surface area contributed by atoms with Gasteiger partial charge in [-0.1, -0.05) is 19.9 Å². The molecule has 0 aliphatic carbocycles. The fourth-order valence-corrected chi connectivity index (χ4v) is 3.86. The van der Waals surface area contributed by atoms with Crippen LogP contribution in [0.15, 0.2) is 35.3 Å². The predicted octanol–water partition coefficient (Wildman–Crippen LogP) is 2.64. The van der Waals surface area contributed by atoms with E-state index in [1.54, 1.807) is 14.1 Å². The van der Waals surface area contributed by atoms with Gasteiger partial charge in [0.05, 0.1) is 24.0 Å². The van der Waals surface area contributed by atoms with Gasteiger partial charge in [0.1, 0.15) is 23.1 Å². The number of rotatable bonds is 11. The Morgan fingerprint density at radius 1 is 1.23 bits per heavy atom. The molecule has 0 saturated heterocycles. The minimum atomic E-state index is -1.46. The summed E-state index contributed by atoms with van der Waals surface area (Å²) in [6.07, 6.45) is 3.10. The number of carbonyl (C=O) groups is 3. The fourth-order valence-electron chi connectivity index (χ4n) is 3.86. The lowest BCUT2D eigenvalue weighted by Gasteiger charge is -2.16. The van der Waals surface area contributed by atoms with Crippen molar-refractivity contribution in [3.8, 4) is 0 Å². The number of amides is 3. The van der Waals surface area contributed by atoms with Crippen LogP contribution < -0.4 is 16.2 Å². The number of anilines is 1. The normalized spacial score (nSPS) is 12.2. The molecule has 0 fully saturated rings. The third kappa shape index (κ3) is 7.48. The molecule has 0 bridgehead atoms. The average molecular weight is 560 g/mol. The van der Waals surface area contributed by atoms with E-state index in [1.807, 2.05) is 13.8 Å². The molecule has 214 valence electrons. The summed E-state index contributed by atoms with van der Waals surface area (Å²) in [4.78, 5) is 61.3. The summed E-state index contributed by atoms with van der Waals surface area (Å²) in [5.41, 5.74) is -0.267. The van der Waals surface area contributed by atoms with Crippen molar-refractivity contribution < 1.29 is 28.3 Å². The van der Waals surface area contributed by atoms with Gasteiger partial charge >= 0.3 is 6.09 Å². The molecule has 3 rings (SSSR count). The molecule has 40 heavy (non-hydrogen) atoms. The van der Waals surface area contributed by atoms with Crippen LogP contribution in [0.4, 0.5) is 19.3 Å². The van der Waals surface area contributed by atoms with E-state index >= 15 is 0 Å². The Balaban J connectivity index is 1.82. The largest absolute Gasteiger partial charge is 0.465 e. The molecule has 3 aromatic rings. The van der Waals surface area contributed by atoms with Crippen LogP contribution in [0.3, 0.4) is 0 Å². The number of nitrogens with one attached hydrogen (secondary N) is 3. The van der Waals surface area contributed by atoms with Gasteiger partial charge in [0.25, 0.3) is 5.56 Å². The van der Waals surface area contributed by atoms with Crippen molar-refractivity contribution in [3.05, 3.63) is 64.1 Å². The summed E-state index contributed by atoms with van der Waals surface area (Å²) in [5.74, 6) is -2.40. The number of fused-ring (bicyclic) bond motifs is 1. The molecule has 3 aromatic heterocycles. The number of aromatic nitrogens is 4. The first-order valence-corrected chi connectivity index (χ1v) is 12.5. The number of imidazole rings is 1. The van der Waals surface area contributed by atoms with Crippen molar-refractivity contribution in [3.63, 3.8) is 0 Å². The van der Waals surface area contributed by atoms with E-state index in [0.29, 0.717) is 22.2 Å². The molecule has 1 atom stereocenters. The van der Waals surface area contributed by atoms with Crippen LogP contribution in [0, 0.1) is 17.7 Å². The van der Waals surface area contributed by atoms with Crippen molar-refractivity contribution in [2.24, 2.45) is 5.92 Å². The topological polar surface area (TPSA) is 162 Å². The van der Waals surface area contributed by atoms with E-state index in [0.717, 1.165) is 18.3 Å². The minimum absolute atomic E-state index is 0.0119. The summed E-state index contributed by atoms with van der Waals surface area (Å²) in [5, 5.41) is 13.5. The number of hydrogen-bond acceptors (Lipinski definition) is 6. The lowest BCUT2D eigenvalue weighted by Crippen LogP contribution is -2.44. The van der Waals surface area contributed by atoms with E-state index in [1.165, 1.54) is 17.1 Å². The van der Waals surface area contributed by atoms with E-state index in [9.17, 15) is 28.0 Å². The maximum atomic E-state index is 14.7. The lowest BCUT2D eigenvalue weighted by molar-refractivity contribution is -0.123. The molecular formula is C26H31F2N7O5. The number of H-pyrrole nitrogens is 1. The van der Waals surface area contributed by atoms with Crippen LogP contribution in [-0.2, 0) is 22.6 Å². The van der Waals surface area contributed by atoms with E-state index in [2.05, 4.69) is 25.6 Å². The fraction of sp³-hybridized carbons (Fsp3) is 0.385. The molecule has 0 aliphatic heterocycles. The second kappa shape index (κ2) is 13.0. The molecule has 4 N–H and O–H groups in total. The third-order valence-electron chi connectivity index (χ3n) is 5.83. The summed E-state index contributed by atoms with van der Waals surface area (Å²) >= 11 is 0. The number of pyridine rings is 2. The van der Waals surface area contributed by atoms with Crippen LogP contribution >= 0.6 is 0 Å². The van der Waals surface area contributed by atoms with Gasteiger partial charge in [-0.15, -0.1) is 0 Å². The lowest BCUT2D eigenvalue weighted by atomic mass is 10.1. The number of carboxylic acid groups (broad SMARTS) is 1. The first-order valence-electron chi connectivity index (χ1n) is 12.5. The van der Waals surface area contributed by atoms with Crippen LogP contribution in [0.2, 0.25) is 0 Å². The standard InChI is InChI=1S/C26H31F2N7O5/c1-14(2)11-18-23-22(15(27)12-29-18)32-20(33-23)13-35-19(28)10-9-17(25(35)38)30-24(37)16(31-26(39)40)7-5-6-8-21(36)34(3)4/h6,8-10,12,14,16,31H,5,7,11,13H2,1-4H3,(H,30,37)(H,32,33)(H,39,40)/b8-6+. The molecule has 0 radical (unpaired) electrons. The summed E-state index contributed by atoms with van der Waals surface area (Å²) in [6.45, 7) is 3.55. The zero-order valence-corrected chi connectivity index (χ0v) is 22.5. The monoisotopic (exact) mass is 559 g/mol. The molecular weight excluding hydrogens is 528 g/mol. The molecule has 3 amide bonds. The van der Waals surface area contributed by atoms with Crippen LogP contribution in [0.5, 0.6) is 0 Å². The Hall–Kier alpha value is -4.62. The number of likely N-dealkylation sites (N-methyl/N-ethyl adjacent to an activating group) is 1. The molecule has 0 aromatic carbocycles. The molecule has 1 unspecified atom stereocenters. The van der Waals surface area contributed by atoms with Gasteiger partial charge in [-0.2, -0.15) is 4.39 Å². The van der Waals surface area contributed by atoms with Crippen molar-refractivity contribution in [2.75, 3.05) is 19.4 Å². The SMILES string of the molecule is CC(C)Cc1ncc(F)c2nc(Cn3c(F)ccc(NC(=O)C(CC/C=C/C(=O)N(C)C)NC(=O)O)c3=O)[nH]c12. The first-order chi connectivity index (χ1) is 18.9.